The smallest absolute Gasteiger partial charge is 0.305 e. The lowest BCUT2D eigenvalue weighted by Gasteiger charge is -2.01. The van der Waals surface area contributed by atoms with Crippen LogP contribution in [0.15, 0.2) is 16.9 Å². The van der Waals surface area contributed by atoms with Crippen LogP contribution in [0.1, 0.15) is 18.9 Å². The molecule has 1 aromatic carbocycles. The molecule has 1 N–H and O–H groups in total. The highest BCUT2D eigenvalue weighted by atomic mass is 19.2. The van der Waals surface area contributed by atoms with E-state index in [0.29, 0.717) is 5.52 Å². The summed E-state index contributed by atoms with van der Waals surface area (Å²) in [5, 5.41) is 0. The van der Waals surface area contributed by atoms with Crippen LogP contribution in [0.2, 0.25) is 0 Å². The molecule has 15 heavy (non-hydrogen) atoms. The summed E-state index contributed by atoms with van der Waals surface area (Å²) in [4.78, 5) is 14.0. The first-order valence-corrected chi connectivity index (χ1v) is 4.76. The summed E-state index contributed by atoms with van der Waals surface area (Å²) >= 11 is 0. The number of nitrogens with one attached hydrogen (secondary N) is 1. The van der Waals surface area contributed by atoms with Gasteiger partial charge in [-0.2, -0.15) is 0 Å². The Morgan fingerprint density at radius 2 is 2.07 bits per heavy atom. The van der Waals surface area contributed by atoms with Crippen LogP contribution in [-0.2, 0) is 0 Å². The molecule has 3 rings (SSSR count). The summed E-state index contributed by atoms with van der Waals surface area (Å²) in [7, 11) is 0. The fourth-order valence-electron chi connectivity index (χ4n) is 1.83. The molecule has 2 aromatic rings. The molecular weight excluding hydrogens is 202 g/mol. The minimum Gasteiger partial charge on any atom is -0.305 e. The number of aromatic nitrogens is 2. The molecule has 0 radical (unpaired) electrons. The number of halogens is 2. The van der Waals surface area contributed by atoms with Crippen molar-refractivity contribution in [2.45, 2.75) is 18.9 Å². The van der Waals surface area contributed by atoms with Crippen LogP contribution in [0, 0.1) is 11.6 Å². The van der Waals surface area contributed by atoms with Crippen LogP contribution in [0.4, 0.5) is 8.78 Å². The van der Waals surface area contributed by atoms with Gasteiger partial charge >= 0.3 is 5.69 Å². The summed E-state index contributed by atoms with van der Waals surface area (Å²) in [5.41, 5.74) is 0.0466. The van der Waals surface area contributed by atoms with Gasteiger partial charge in [0.05, 0.1) is 5.52 Å². The number of benzene rings is 1. The zero-order valence-electron chi connectivity index (χ0n) is 7.76. The normalized spacial score (nSPS) is 16.1. The summed E-state index contributed by atoms with van der Waals surface area (Å²) in [6, 6.07) is 2.43. The van der Waals surface area contributed by atoms with Crippen LogP contribution in [0.3, 0.4) is 0 Å². The minimum atomic E-state index is -0.947. The molecule has 0 aliphatic heterocycles. The van der Waals surface area contributed by atoms with Crippen molar-refractivity contribution in [3.8, 4) is 0 Å². The highest BCUT2D eigenvalue weighted by molar-refractivity contribution is 5.76. The Labute approximate surface area is 83.3 Å². The molecule has 1 aliphatic rings. The van der Waals surface area contributed by atoms with E-state index in [1.54, 1.807) is 0 Å². The second-order valence-corrected chi connectivity index (χ2v) is 3.79. The van der Waals surface area contributed by atoms with E-state index in [9.17, 15) is 13.6 Å². The Morgan fingerprint density at radius 3 is 2.73 bits per heavy atom. The van der Waals surface area contributed by atoms with Gasteiger partial charge in [0.25, 0.3) is 0 Å². The Kier molecular flexibility index (Phi) is 1.55. The summed E-state index contributed by atoms with van der Waals surface area (Å²) in [5.74, 6) is -1.87. The molecule has 1 aliphatic carbocycles. The second kappa shape index (κ2) is 2.68. The van der Waals surface area contributed by atoms with E-state index in [1.807, 2.05) is 0 Å². The van der Waals surface area contributed by atoms with E-state index in [4.69, 9.17) is 0 Å². The number of imidazole rings is 1. The maximum atomic E-state index is 13.5. The third-order valence-corrected chi connectivity index (χ3v) is 2.68. The summed E-state index contributed by atoms with van der Waals surface area (Å²) < 4.78 is 27.8. The molecule has 1 aromatic heterocycles. The van der Waals surface area contributed by atoms with Gasteiger partial charge < -0.3 is 4.98 Å². The van der Waals surface area contributed by atoms with Gasteiger partial charge in [0.15, 0.2) is 11.6 Å². The Hall–Kier alpha value is -1.65. The monoisotopic (exact) mass is 210 g/mol. The number of H-pyrrole nitrogens is 1. The fourth-order valence-corrected chi connectivity index (χ4v) is 1.83. The maximum Gasteiger partial charge on any atom is 0.326 e. The first kappa shape index (κ1) is 8.64. The fraction of sp³-hybridized carbons (Fsp3) is 0.300. The topological polar surface area (TPSA) is 37.8 Å². The van der Waals surface area contributed by atoms with Crippen LogP contribution in [0.5, 0.6) is 0 Å². The Morgan fingerprint density at radius 1 is 1.33 bits per heavy atom. The summed E-state index contributed by atoms with van der Waals surface area (Å²) in [6.45, 7) is 0. The molecule has 0 bridgehead atoms. The number of rotatable bonds is 1. The van der Waals surface area contributed by atoms with Crippen molar-refractivity contribution >= 4 is 11.0 Å². The van der Waals surface area contributed by atoms with Crippen LogP contribution < -0.4 is 5.69 Å². The lowest BCUT2D eigenvalue weighted by atomic mass is 10.3. The quantitative estimate of drug-likeness (QED) is 0.767. The average Bonchev–Trinajstić information content (AvgIpc) is 2.97. The van der Waals surface area contributed by atoms with Gasteiger partial charge in [-0.1, -0.05) is 0 Å². The van der Waals surface area contributed by atoms with Crippen molar-refractivity contribution in [1.29, 1.82) is 0 Å². The lowest BCUT2D eigenvalue weighted by Crippen LogP contribution is -2.15. The van der Waals surface area contributed by atoms with Crippen molar-refractivity contribution in [3.63, 3.8) is 0 Å². The largest absolute Gasteiger partial charge is 0.326 e. The molecule has 1 heterocycles. The molecule has 0 saturated heterocycles. The minimum absolute atomic E-state index is 0.0301. The van der Waals surface area contributed by atoms with E-state index in [1.165, 1.54) is 10.6 Å². The Bertz CT molecular complexity index is 595. The lowest BCUT2D eigenvalue weighted by molar-refractivity contribution is 0.511. The Balaban J connectivity index is 2.46. The van der Waals surface area contributed by atoms with E-state index in [2.05, 4.69) is 4.98 Å². The molecule has 0 amide bonds. The van der Waals surface area contributed by atoms with Crippen LogP contribution >= 0.6 is 0 Å². The van der Waals surface area contributed by atoms with E-state index in [0.717, 1.165) is 18.9 Å². The molecule has 3 nitrogen and oxygen atoms in total. The molecule has 1 fully saturated rings. The number of hydrogen-bond acceptors (Lipinski definition) is 1. The molecule has 78 valence electrons. The highest BCUT2D eigenvalue weighted by Crippen LogP contribution is 2.36. The van der Waals surface area contributed by atoms with Crippen molar-refractivity contribution in [2.75, 3.05) is 0 Å². The van der Waals surface area contributed by atoms with Gasteiger partial charge in [-0.05, 0) is 25.0 Å². The second-order valence-electron chi connectivity index (χ2n) is 3.79. The van der Waals surface area contributed by atoms with Gasteiger partial charge in [0, 0.05) is 6.04 Å². The molecule has 0 atom stereocenters. The van der Waals surface area contributed by atoms with E-state index < -0.39 is 11.6 Å². The number of hydrogen-bond donors (Lipinski definition) is 1. The van der Waals surface area contributed by atoms with Crippen LogP contribution in [-0.4, -0.2) is 9.55 Å². The molecule has 0 spiro atoms. The first-order chi connectivity index (χ1) is 7.18. The first-order valence-electron chi connectivity index (χ1n) is 4.76. The predicted molar refractivity (Wildman–Crippen MR) is 50.7 cm³/mol. The third kappa shape index (κ3) is 1.12. The van der Waals surface area contributed by atoms with E-state index in [-0.39, 0.29) is 17.2 Å². The van der Waals surface area contributed by atoms with Crippen molar-refractivity contribution in [2.24, 2.45) is 0 Å². The molecule has 5 heteroatoms. The number of aromatic amines is 1. The number of nitrogens with zero attached hydrogens (tertiary/aromatic N) is 1. The zero-order valence-corrected chi connectivity index (χ0v) is 7.76. The van der Waals surface area contributed by atoms with Crippen molar-refractivity contribution in [3.05, 3.63) is 34.3 Å². The van der Waals surface area contributed by atoms with E-state index >= 15 is 0 Å². The maximum absolute atomic E-state index is 13.5. The zero-order chi connectivity index (χ0) is 10.6. The standard InChI is InChI=1S/C10H8F2N2O/c11-6-3-4-7-9(8(6)12)14(5-1-2-5)10(15)13-7/h3-5H,1-2H2,(H,13,15). The van der Waals surface area contributed by atoms with Gasteiger partial charge in [0.1, 0.15) is 5.52 Å². The molecule has 1 saturated carbocycles. The SMILES string of the molecule is O=c1[nH]c2ccc(F)c(F)c2n1C1CC1. The third-order valence-electron chi connectivity index (χ3n) is 2.68. The number of fused-ring (bicyclic) bond motifs is 1. The van der Waals surface area contributed by atoms with Crippen molar-refractivity contribution < 1.29 is 8.78 Å². The van der Waals surface area contributed by atoms with Crippen molar-refractivity contribution in [1.82, 2.24) is 9.55 Å². The van der Waals surface area contributed by atoms with Crippen LogP contribution in [0.25, 0.3) is 11.0 Å². The van der Waals surface area contributed by atoms with Gasteiger partial charge in [-0.3, -0.25) is 4.57 Å². The molecule has 0 unspecified atom stereocenters. The highest BCUT2D eigenvalue weighted by Gasteiger charge is 2.29. The predicted octanol–water partition coefficient (Wildman–Crippen LogP) is 1.94. The van der Waals surface area contributed by atoms with Gasteiger partial charge in [0.2, 0.25) is 0 Å². The molecular formula is C10H8F2N2O. The van der Waals surface area contributed by atoms with Gasteiger partial charge in [-0.15, -0.1) is 0 Å². The summed E-state index contributed by atoms with van der Waals surface area (Å²) in [6.07, 6.45) is 1.70. The average molecular weight is 210 g/mol. The van der Waals surface area contributed by atoms with Gasteiger partial charge in [-0.25, -0.2) is 13.6 Å².